The lowest BCUT2D eigenvalue weighted by molar-refractivity contribution is 0.139. The molecule has 1 N–H and O–H groups in total. The summed E-state index contributed by atoms with van der Waals surface area (Å²) in [5.41, 5.74) is 2.86. The van der Waals surface area contributed by atoms with Crippen LogP contribution in [0, 0.1) is 0 Å². The molecular weight excluding hydrogens is 324 g/mol. The zero-order valence-corrected chi connectivity index (χ0v) is 15.5. The van der Waals surface area contributed by atoms with E-state index in [4.69, 9.17) is 4.42 Å². The van der Waals surface area contributed by atoms with E-state index >= 15 is 0 Å². The quantitative estimate of drug-likeness (QED) is 0.760. The fourth-order valence-corrected chi connectivity index (χ4v) is 3.89. The summed E-state index contributed by atoms with van der Waals surface area (Å²) in [5, 5.41) is 11.5. The first-order valence-electron chi connectivity index (χ1n) is 9.30. The molecule has 4 nitrogen and oxygen atoms in total. The second-order valence-corrected chi connectivity index (χ2v) is 7.42. The van der Waals surface area contributed by atoms with E-state index in [0.29, 0.717) is 11.8 Å². The van der Waals surface area contributed by atoms with E-state index in [-0.39, 0.29) is 0 Å². The Labute approximate surface area is 154 Å². The number of fused-ring (bicyclic) bond motifs is 1. The van der Waals surface area contributed by atoms with Crippen molar-refractivity contribution in [3.05, 3.63) is 54.1 Å². The van der Waals surface area contributed by atoms with Gasteiger partial charge in [-0.05, 0) is 58.2 Å². The third kappa shape index (κ3) is 3.35. The van der Waals surface area contributed by atoms with Gasteiger partial charge >= 0.3 is 0 Å². The number of aromatic hydroxyl groups is 1. The molecule has 3 aromatic rings. The predicted octanol–water partition coefficient (Wildman–Crippen LogP) is 4.33. The van der Waals surface area contributed by atoms with Crippen molar-refractivity contribution in [3.63, 3.8) is 0 Å². The Bertz CT molecular complexity index is 878. The van der Waals surface area contributed by atoms with Crippen molar-refractivity contribution in [2.24, 2.45) is 0 Å². The van der Waals surface area contributed by atoms with Crippen LogP contribution in [0.4, 0.5) is 0 Å². The van der Waals surface area contributed by atoms with E-state index in [0.717, 1.165) is 47.5 Å². The standard InChI is InChI=1S/C22H26N2O2/c1-23(2)17-10-12-24(13-11-17)15-19-18-14-22(16-6-4-3-5-7-16)26-21(18)9-8-20(19)25/h3-9,14,17,25H,10-13,15H2,1-2H3. The molecule has 1 saturated heterocycles. The highest BCUT2D eigenvalue weighted by atomic mass is 16.3. The summed E-state index contributed by atoms with van der Waals surface area (Å²) in [4.78, 5) is 4.75. The summed E-state index contributed by atoms with van der Waals surface area (Å²) in [5.74, 6) is 1.20. The Balaban J connectivity index is 1.61. The lowest BCUT2D eigenvalue weighted by Crippen LogP contribution is -2.41. The van der Waals surface area contributed by atoms with Gasteiger partial charge in [0.25, 0.3) is 0 Å². The van der Waals surface area contributed by atoms with Gasteiger partial charge in [-0.3, -0.25) is 4.90 Å². The maximum atomic E-state index is 10.5. The van der Waals surface area contributed by atoms with Gasteiger partial charge in [-0.25, -0.2) is 0 Å². The van der Waals surface area contributed by atoms with Crippen molar-refractivity contribution < 1.29 is 9.52 Å². The van der Waals surface area contributed by atoms with Gasteiger partial charge in [0.2, 0.25) is 0 Å². The molecule has 0 bridgehead atoms. The van der Waals surface area contributed by atoms with Gasteiger partial charge in [0.05, 0.1) is 0 Å². The number of furan rings is 1. The number of hydrogen-bond donors (Lipinski definition) is 1. The minimum absolute atomic E-state index is 0.354. The van der Waals surface area contributed by atoms with Gasteiger partial charge < -0.3 is 14.4 Å². The predicted molar refractivity (Wildman–Crippen MR) is 105 cm³/mol. The van der Waals surface area contributed by atoms with E-state index in [1.165, 1.54) is 12.8 Å². The van der Waals surface area contributed by atoms with Crippen molar-refractivity contribution in [1.82, 2.24) is 9.80 Å². The fourth-order valence-electron chi connectivity index (χ4n) is 3.89. The summed E-state index contributed by atoms with van der Waals surface area (Å²) >= 11 is 0. The third-order valence-corrected chi connectivity index (χ3v) is 5.52. The van der Waals surface area contributed by atoms with E-state index < -0.39 is 0 Å². The van der Waals surface area contributed by atoms with Crippen molar-refractivity contribution in [2.75, 3.05) is 27.2 Å². The van der Waals surface area contributed by atoms with Crippen LogP contribution >= 0.6 is 0 Å². The number of nitrogens with zero attached hydrogens (tertiary/aromatic N) is 2. The molecule has 0 amide bonds. The van der Waals surface area contributed by atoms with Crippen LogP contribution in [-0.4, -0.2) is 48.1 Å². The highest BCUT2D eigenvalue weighted by Crippen LogP contribution is 2.35. The fraction of sp³-hybridized carbons (Fsp3) is 0.364. The average Bonchev–Trinajstić information content (AvgIpc) is 3.10. The van der Waals surface area contributed by atoms with Crippen molar-refractivity contribution in [3.8, 4) is 17.1 Å². The van der Waals surface area contributed by atoms with E-state index in [9.17, 15) is 5.11 Å². The van der Waals surface area contributed by atoms with Crippen molar-refractivity contribution >= 4 is 11.0 Å². The van der Waals surface area contributed by atoms with Gasteiger partial charge in [0.1, 0.15) is 17.1 Å². The molecule has 2 heterocycles. The van der Waals surface area contributed by atoms with Gasteiger partial charge in [-0.2, -0.15) is 0 Å². The zero-order valence-electron chi connectivity index (χ0n) is 15.5. The Morgan fingerprint density at radius 1 is 1.08 bits per heavy atom. The van der Waals surface area contributed by atoms with E-state index in [1.807, 2.05) is 36.4 Å². The first kappa shape index (κ1) is 17.1. The lowest BCUT2D eigenvalue weighted by Gasteiger charge is -2.35. The Morgan fingerprint density at radius 2 is 1.81 bits per heavy atom. The van der Waals surface area contributed by atoms with Gasteiger partial charge in [0, 0.05) is 29.1 Å². The van der Waals surface area contributed by atoms with Crippen LogP contribution in [0.2, 0.25) is 0 Å². The highest BCUT2D eigenvalue weighted by molar-refractivity contribution is 5.87. The van der Waals surface area contributed by atoms with Crippen LogP contribution in [0.1, 0.15) is 18.4 Å². The van der Waals surface area contributed by atoms with Crippen LogP contribution in [0.3, 0.4) is 0 Å². The molecule has 1 aliphatic heterocycles. The van der Waals surface area contributed by atoms with Gasteiger partial charge in [-0.15, -0.1) is 0 Å². The molecule has 1 aromatic heterocycles. The van der Waals surface area contributed by atoms with Crippen molar-refractivity contribution in [1.29, 1.82) is 0 Å². The smallest absolute Gasteiger partial charge is 0.135 e. The zero-order chi connectivity index (χ0) is 18.1. The topological polar surface area (TPSA) is 39.9 Å². The normalized spacial score (nSPS) is 16.6. The van der Waals surface area contributed by atoms with Gasteiger partial charge in [0.15, 0.2) is 0 Å². The number of rotatable bonds is 4. The first-order chi connectivity index (χ1) is 12.6. The molecule has 4 heteroatoms. The Kier molecular flexibility index (Phi) is 4.70. The number of hydrogen-bond acceptors (Lipinski definition) is 4. The molecule has 2 aromatic carbocycles. The van der Waals surface area contributed by atoms with Gasteiger partial charge in [-0.1, -0.05) is 30.3 Å². The van der Waals surface area contributed by atoms with Crippen molar-refractivity contribution in [2.45, 2.75) is 25.4 Å². The van der Waals surface area contributed by atoms with Crippen LogP contribution in [-0.2, 0) is 6.54 Å². The number of piperidine rings is 1. The molecule has 0 spiro atoms. The summed E-state index contributed by atoms with van der Waals surface area (Å²) in [6.07, 6.45) is 2.34. The number of likely N-dealkylation sites (tertiary alicyclic amines) is 1. The average molecular weight is 350 g/mol. The summed E-state index contributed by atoms with van der Waals surface area (Å²) in [6.45, 7) is 2.88. The second-order valence-electron chi connectivity index (χ2n) is 7.42. The number of phenolic OH excluding ortho intramolecular Hbond substituents is 1. The molecule has 1 fully saturated rings. The summed E-state index contributed by atoms with van der Waals surface area (Å²) < 4.78 is 6.05. The van der Waals surface area contributed by atoms with E-state index in [1.54, 1.807) is 6.07 Å². The first-order valence-corrected chi connectivity index (χ1v) is 9.30. The van der Waals surface area contributed by atoms with Crippen LogP contribution < -0.4 is 0 Å². The Morgan fingerprint density at radius 3 is 2.50 bits per heavy atom. The highest BCUT2D eigenvalue weighted by Gasteiger charge is 2.22. The second kappa shape index (κ2) is 7.14. The maximum Gasteiger partial charge on any atom is 0.135 e. The monoisotopic (exact) mass is 350 g/mol. The molecule has 26 heavy (non-hydrogen) atoms. The summed E-state index contributed by atoms with van der Waals surface area (Å²) in [7, 11) is 4.31. The molecule has 136 valence electrons. The van der Waals surface area contributed by atoms with Crippen LogP contribution in [0.25, 0.3) is 22.3 Å². The minimum Gasteiger partial charge on any atom is -0.508 e. The third-order valence-electron chi connectivity index (χ3n) is 5.52. The Hall–Kier alpha value is -2.30. The minimum atomic E-state index is 0.354. The van der Waals surface area contributed by atoms with E-state index in [2.05, 4.69) is 30.0 Å². The molecule has 1 aliphatic rings. The molecule has 0 aliphatic carbocycles. The lowest BCUT2D eigenvalue weighted by atomic mass is 10.0. The molecule has 0 unspecified atom stereocenters. The molecule has 0 saturated carbocycles. The number of phenols is 1. The van der Waals surface area contributed by atoms with Crippen LogP contribution in [0.5, 0.6) is 5.75 Å². The van der Waals surface area contributed by atoms with Crippen LogP contribution in [0.15, 0.2) is 52.9 Å². The molecular formula is C22H26N2O2. The summed E-state index contributed by atoms with van der Waals surface area (Å²) in [6, 6.07) is 16.4. The molecule has 4 rings (SSSR count). The maximum absolute atomic E-state index is 10.5. The molecule has 0 radical (unpaired) electrons. The SMILES string of the molecule is CN(C)C1CCN(Cc2c(O)ccc3oc(-c4ccccc4)cc23)CC1. The molecule has 0 atom stereocenters. The number of benzene rings is 2. The largest absolute Gasteiger partial charge is 0.508 e.